The van der Waals surface area contributed by atoms with E-state index in [9.17, 15) is 13.2 Å². The van der Waals surface area contributed by atoms with Gasteiger partial charge in [-0.2, -0.15) is 0 Å². The maximum atomic E-state index is 12.6. The fourth-order valence-electron chi connectivity index (χ4n) is 2.41. The minimum atomic E-state index is -3.28. The van der Waals surface area contributed by atoms with Gasteiger partial charge < -0.3 is 9.84 Å². The van der Waals surface area contributed by atoms with Crippen LogP contribution in [0.2, 0.25) is 0 Å². The first-order chi connectivity index (χ1) is 11.9. The highest BCUT2D eigenvalue weighted by atomic mass is 32.2. The van der Waals surface area contributed by atoms with Crippen LogP contribution in [-0.2, 0) is 9.84 Å². The summed E-state index contributed by atoms with van der Waals surface area (Å²) in [5.74, 6) is 0.0359. The van der Waals surface area contributed by atoms with E-state index in [1.807, 2.05) is 30.3 Å². The fraction of sp³-hybridized carbons (Fsp3) is 0.111. The lowest BCUT2D eigenvalue weighted by atomic mass is 10.1. The molecule has 2 aromatic carbocycles. The van der Waals surface area contributed by atoms with Crippen LogP contribution in [0.25, 0.3) is 11.3 Å². The number of nitrogens with one attached hydrogen (secondary N) is 1. The lowest BCUT2D eigenvalue weighted by Gasteiger charge is -2.07. The van der Waals surface area contributed by atoms with E-state index in [0.717, 1.165) is 11.8 Å². The van der Waals surface area contributed by atoms with Crippen molar-refractivity contribution in [2.75, 3.05) is 11.6 Å². The maximum absolute atomic E-state index is 12.6. The van der Waals surface area contributed by atoms with Gasteiger partial charge in [-0.15, -0.1) is 0 Å². The highest BCUT2D eigenvalue weighted by molar-refractivity contribution is 7.90. The summed E-state index contributed by atoms with van der Waals surface area (Å²) in [6, 6.07) is 15.2. The second kappa shape index (κ2) is 6.52. The molecule has 0 bridgehead atoms. The van der Waals surface area contributed by atoms with Gasteiger partial charge >= 0.3 is 0 Å². The van der Waals surface area contributed by atoms with Gasteiger partial charge in [-0.1, -0.05) is 35.5 Å². The molecule has 0 saturated carbocycles. The van der Waals surface area contributed by atoms with Crippen molar-refractivity contribution in [3.63, 3.8) is 0 Å². The van der Waals surface area contributed by atoms with Gasteiger partial charge in [0.15, 0.2) is 9.84 Å². The molecule has 3 aromatic rings. The number of aromatic nitrogens is 1. The number of rotatable bonds is 4. The molecule has 1 amide bonds. The third kappa shape index (κ3) is 3.61. The summed E-state index contributed by atoms with van der Waals surface area (Å²) < 4.78 is 28.2. The number of carbonyl (C=O) groups excluding carboxylic acids is 1. The first kappa shape index (κ1) is 16.9. The smallest absolute Gasteiger partial charge is 0.261 e. The molecule has 6 nitrogen and oxygen atoms in total. The molecule has 0 aliphatic carbocycles. The van der Waals surface area contributed by atoms with Crippen molar-refractivity contribution in [1.29, 1.82) is 0 Å². The van der Waals surface area contributed by atoms with Gasteiger partial charge in [-0.05, 0) is 31.2 Å². The Morgan fingerprint density at radius 1 is 1.04 bits per heavy atom. The molecule has 3 rings (SSSR count). The molecule has 1 heterocycles. The van der Waals surface area contributed by atoms with Gasteiger partial charge in [0.05, 0.1) is 4.90 Å². The van der Waals surface area contributed by atoms with Crippen molar-refractivity contribution >= 4 is 21.4 Å². The number of hydrogen-bond donors (Lipinski definition) is 1. The number of anilines is 1. The Morgan fingerprint density at radius 2 is 1.68 bits per heavy atom. The van der Waals surface area contributed by atoms with E-state index in [2.05, 4.69) is 10.5 Å². The Labute approximate surface area is 145 Å². The Morgan fingerprint density at radius 3 is 2.28 bits per heavy atom. The zero-order chi connectivity index (χ0) is 18.0. The lowest BCUT2D eigenvalue weighted by molar-refractivity contribution is 0.102. The van der Waals surface area contributed by atoms with E-state index >= 15 is 0 Å². The minimum absolute atomic E-state index is 0.191. The van der Waals surface area contributed by atoms with Crippen LogP contribution in [0.1, 0.15) is 16.1 Å². The SMILES string of the molecule is Cc1onc(-c2ccccc2)c1C(=O)Nc1ccc(S(C)(=O)=O)cc1. The van der Waals surface area contributed by atoms with Crippen LogP contribution >= 0.6 is 0 Å². The highest BCUT2D eigenvalue weighted by Crippen LogP contribution is 2.26. The first-order valence-corrected chi connectivity index (χ1v) is 9.38. The summed E-state index contributed by atoms with van der Waals surface area (Å²) >= 11 is 0. The predicted molar refractivity (Wildman–Crippen MR) is 94.2 cm³/mol. The Hall–Kier alpha value is -2.93. The summed E-state index contributed by atoms with van der Waals surface area (Å²) in [7, 11) is -3.28. The predicted octanol–water partition coefficient (Wildman–Crippen LogP) is 3.31. The molecule has 0 radical (unpaired) electrons. The molecule has 1 aromatic heterocycles. The second-order valence-electron chi connectivity index (χ2n) is 5.58. The molecule has 0 saturated heterocycles. The van der Waals surface area contributed by atoms with E-state index in [0.29, 0.717) is 22.7 Å². The summed E-state index contributed by atoms with van der Waals surface area (Å²) in [4.78, 5) is 12.8. The van der Waals surface area contributed by atoms with Crippen molar-refractivity contribution < 1.29 is 17.7 Å². The summed E-state index contributed by atoms with van der Waals surface area (Å²) in [5.41, 5.74) is 2.07. The zero-order valence-corrected chi connectivity index (χ0v) is 14.5. The summed E-state index contributed by atoms with van der Waals surface area (Å²) in [6.07, 6.45) is 1.13. The van der Waals surface area contributed by atoms with Gasteiger partial charge in [0.1, 0.15) is 17.0 Å². The second-order valence-corrected chi connectivity index (χ2v) is 7.59. The van der Waals surface area contributed by atoms with E-state index in [-0.39, 0.29) is 10.8 Å². The number of carbonyl (C=O) groups is 1. The number of sulfone groups is 1. The topological polar surface area (TPSA) is 89.3 Å². The highest BCUT2D eigenvalue weighted by Gasteiger charge is 2.21. The van der Waals surface area contributed by atoms with Gasteiger partial charge in [0.2, 0.25) is 0 Å². The standard InChI is InChI=1S/C18H16N2O4S/c1-12-16(17(20-24-12)13-6-4-3-5-7-13)18(21)19-14-8-10-15(11-9-14)25(2,22)23/h3-11H,1-2H3,(H,19,21). The van der Waals surface area contributed by atoms with Gasteiger partial charge in [-0.3, -0.25) is 4.79 Å². The van der Waals surface area contributed by atoms with Crippen LogP contribution in [0.3, 0.4) is 0 Å². The quantitative estimate of drug-likeness (QED) is 0.775. The van der Waals surface area contributed by atoms with E-state index in [4.69, 9.17) is 4.52 Å². The van der Waals surface area contributed by atoms with Gasteiger partial charge in [0, 0.05) is 17.5 Å². The Bertz CT molecular complexity index is 1010. The number of hydrogen-bond acceptors (Lipinski definition) is 5. The molecular weight excluding hydrogens is 340 g/mol. The molecule has 7 heteroatoms. The van der Waals surface area contributed by atoms with Crippen LogP contribution in [0.5, 0.6) is 0 Å². The van der Waals surface area contributed by atoms with Gasteiger partial charge in [-0.25, -0.2) is 8.42 Å². The van der Waals surface area contributed by atoms with Crippen LogP contribution in [-0.4, -0.2) is 25.7 Å². The van der Waals surface area contributed by atoms with Crippen LogP contribution in [0, 0.1) is 6.92 Å². The van der Waals surface area contributed by atoms with E-state index < -0.39 is 9.84 Å². The molecule has 1 N–H and O–H groups in total. The summed E-state index contributed by atoms with van der Waals surface area (Å²) in [5, 5.41) is 6.72. The fourth-order valence-corrected chi connectivity index (χ4v) is 3.04. The molecule has 0 unspecified atom stereocenters. The molecular formula is C18H16N2O4S. The molecule has 0 fully saturated rings. The largest absolute Gasteiger partial charge is 0.360 e. The molecule has 25 heavy (non-hydrogen) atoms. The average molecular weight is 356 g/mol. The molecule has 0 aliphatic heterocycles. The van der Waals surface area contributed by atoms with Crippen molar-refractivity contribution in [1.82, 2.24) is 5.16 Å². The number of nitrogens with zero attached hydrogens (tertiary/aromatic N) is 1. The average Bonchev–Trinajstić information content (AvgIpc) is 2.97. The van der Waals surface area contributed by atoms with Crippen LogP contribution in [0.4, 0.5) is 5.69 Å². The van der Waals surface area contributed by atoms with E-state index in [1.54, 1.807) is 19.1 Å². The number of aryl methyl sites for hydroxylation is 1. The molecule has 128 valence electrons. The number of amides is 1. The lowest BCUT2D eigenvalue weighted by Crippen LogP contribution is -2.13. The third-order valence-corrected chi connectivity index (χ3v) is 4.81. The Balaban J connectivity index is 1.89. The third-order valence-electron chi connectivity index (χ3n) is 3.68. The molecule has 0 atom stereocenters. The van der Waals surface area contributed by atoms with Gasteiger partial charge in [0.25, 0.3) is 5.91 Å². The monoisotopic (exact) mass is 356 g/mol. The minimum Gasteiger partial charge on any atom is -0.360 e. The van der Waals surface area contributed by atoms with Crippen molar-refractivity contribution in [2.24, 2.45) is 0 Å². The van der Waals surface area contributed by atoms with Crippen LogP contribution < -0.4 is 5.32 Å². The van der Waals surface area contributed by atoms with Crippen LogP contribution in [0.15, 0.2) is 64.0 Å². The maximum Gasteiger partial charge on any atom is 0.261 e. The van der Waals surface area contributed by atoms with Crippen molar-refractivity contribution in [2.45, 2.75) is 11.8 Å². The zero-order valence-electron chi connectivity index (χ0n) is 13.7. The summed E-state index contributed by atoms with van der Waals surface area (Å²) in [6.45, 7) is 1.67. The Kier molecular flexibility index (Phi) is 4.41. The van der Waals surface area contributed by atoms with Crippen molar-refractivity contribution in [3.05, 3.63) is 65.9 Å². The molecule has 0 spiro atoms. The normalized spacial score (nSPS) is 11.3. The number of benzene rings is 2. The first-order valence-electron chi connectivity index (χ1n) is 7.49. The van der Waals surface area contributed by atoms with E-state index in [1.165, 1.54) is 12.1 Å². The van der Waals surface area contributed by atoms with Crippen molar-refractivity contribution in [3.8, 4) is 11.3 Å². The molecule has 0 aliphatic rings.